The molecule has 0 unspecified atom stereocenters. The van der Waals surface area contributed by atoms with Gasteiger partial charge < -0.3 is 15.1 Å². The lowest BCUT2D eigenvalue weighted by atomic mass is 10.1. The molecule has 3 rings (SSSR count). The zero-order chi connectivity index (χ0) is 19.2. The molecule has 0 atom stereocenters. The Morgan fingerprint density at radius 3 is 2.30 bits per heavy atom. The van der Waals surface area contributed by atoms with Gasteiger partial charge in [-0.1, -0.05) is 12.8 Å². The minimum Gasteiger partial charge on any atom is -0.372 e. The van der Waals surface area contributed by atoms with Gasteiger partial charge in [0.25, 0.3) is 0 Å². The Balaban J connectivity index is 1.81. The van der Waals surface area contributed by atoms with Crippen LogP contribution in [0.3, 0.4) is 0 Å². The number of hydrogen-bond acceptors (Lipinski definition) is 5. The van der Waals surface area contributed by atoms with E-state index < -0.39 is 0 Å². The van der Waals surface area contributed by atoms with Crippen molar-refractivity contribution in [1.29, 1.82) is 0 Å². The number of anilines is 4. The molecule has 146 valence electrons. The number of hydrogen-bond donors (Lipinski definition) is 1. The lowest BCUT2D eigenvalue weighted by molar-refractivity contribution is 0.726. The topological polar surface area (TPSA) is 44.3 Å². The van der Waals surface area contributed by atoms with Crippen LogP contribution in [0.25, 0.3) is 0 Å². The van der Waals surface area contributed by atoms with Gasteiger partial charge in [0.05, 0.1) is 0 Å². The Hall–Kier alpha value is -2.30. The highest BCUT2D eigenvalue weighted by Crippen LogP contribution is 2.27. The molecule has 1 fully saturated rings. The van der Waals surface area contributed by atoms with Crippen molar-refractivity contribution in [3.63, 3.8) is 0 Å². The molecule has 2 heterocycles. The summed E-state index contributed by atoms with van der Waals surface area (Å²) < 4.78 is 0. The maximum atomic E-state index is 4.69. The molecule has 0 aliphatic carbocycles. The van der Waals surface area contributed by atoms with E-state index in [9.17, 15) is 0 Å². The third-order valence-corrected chi connectivity index (χ3v) is 5.36. The molecular weight excluding hydrogens is 334 g/mol. The highest BCUT2D eigenvalue weighted by molar-refractivity contribution is 5.66. The van der Waals surface area contributed by atoms with Crippen molar-refractivity contribution in [3.8, 4) is 0 Å². The van der Waals surface area contributed by atoms with Gasteiger partial charge in [-0.3, -0.25) is 0 Å². The molecule has 0 bridgehead atoms. The van der Waals surface area contributed by atoms with Gasteiger partial charge in [0.15, 0.2) is 0 Å². The fourth-order valence-corrected chi connectivity index (χ4v) is 3.79. The van der Waals surface area contributed by atoms with E-state index in [0.717, 1.165) is 49.3 Å². The van der Waals surface area contributed by atoms with Crippen molar-refractivity contribution >= 4 is 23.0 Å². The zero-order valence-corrected chi connectivity index (χ0v) is 17.3. The van der Waals surface area contributed by atoms with Crippen LogP contribution in [-0.2, 0) is 0 Å². The van der Waals surface area contributed by atoms with E-state index in [-0.39, 0.29) is 0 Å². The molecule has 0 amide bonds. The summed E-state index contributed by atoms with van der Waals surface area (Å²) in [4.78, 5) is 14.1. The summed E-state index contributed by atoms with van der Waals surface area (Å²) >= 11 is 0. The molecule has 1 saturated heterocycles. The van der Waals surface area contributed by atoms with Crippen LogP contribution in [-0.4, -0.2) is 36.1 Å². The van der Waals surface area contributed by atoms with Crippen molar-refractivity contribution in [1.82, 2.24) is 9.97 Å². The Labute approximate surface area is 163 Å². The summed E-state index contributed by atoms with van der Waals surface area (Å²) in [5.74, 6) is 2.74. The molecule has 1 aromatic carbocycles. The third-order valence-electron chi connectivity index (χ3n) is 5.36. The smallest absolute Gasteiger partial charge is 0.136 e. The van der Waals surface area contributed by atoms with Crippen LogP contribution in [0, 0.1) is 13.8 Å². The second-order valence-corrected chi connectivity index (χ2v) is 7.36. The van der Waals surface area contributed by atoms with Gasteiger partial charge in [-0.05, 0) is 64.3 Å². The lowest BCUT2D eigenvalue weighted by Crippen LogP contribution is -2.25. The largest absolute Gasteiger partial charge is 0.372 e. The Morgan fingerprint density at radius 2 is 1.67 bits per heavy atom. The average molecular weight is 368 g/mol. The van der Waals surface area contributed by atoms with Crippen molar-refractivity contribution in [2.45, 2.75) is 53.4 Å². The number of benzene rings is 1. The number of nitrogens with one attached hydrogen (secondary N) is 1. The first kappa shape index (κ1) is 19.5. The summed E-state index contributed by atoms with van der Waals surface area (Å²) in [5, 5.41) is 3.51. The summed E-state index contributed by atoms with van der Waals surface area (Å²) in [6.07, 6.45) is 5.14. The fourth-order valence-electron chi connectivity index (χ4n) is 3.79. The normalized spacial score (nSPS) is 14.7. The van der Waals surface area contributed by atoms with E-state index in [1.54, 1.807) is 0 Å². The van der Waals surface area contributed by atoms with E-state index in [1.807, 2.05) is 6.92 Å². The van der Waals surface area contributed by atoms with Gasteiger partial charge in [-0.25, -0.2) is 9.97 Å². The van der Waals surface area contributed by atoms with Gasteiger partial charge in [0, 0.05) is 43.6 Å². The summed E-state index contributed by atoms with van der Waals surface area (Å²) in [6.45, 7) is 12.7. The SMILES string of the molecule is CCN(CC)c1ccc(Nc2cc(N3CCCCCC3)nc(C)n2)c(C)c1. The quantitative estimate of drug-likeness (QED) is 0.773. The molecular formula is C22H33N5. The Morgan fingerprint density at radius 1 is 0.963 bits per heavy atom. The second kappa shape index (κ2) is 9.07. The van der Waals surface area contributed by atoms with Gasteiger partial charge >= 0.3 is 0 Å². The first-order valence-electron chi connectivity index (χ1n) is 10.3. The van der Waals surface area contributed by atoms with Crippen LogP contribution < -0.4 is 15.1 Å². The molecule has 2 aromatic rings. The highest BCUT2D eigenvalue weighted by atomic mass is 15.2. The first-order chi connectivity index (χ1) is 13.1. The van der Waals surface area contributed by atoms with Crippen LogP contribution in [0.2, 0.25) is 0 Å². The van der Waals surface area contributed by atoms with E-state index in [4.69, 9.17) is 4.98 Å². The maximum absolute atomic E-state index is 4.69. The van der Waals surface area contributed by atoms with Crippen LogP contribution in [0.15, 0.2) is 24.3 Å². The predicted octanol–water partition coefficient (Wildman–Crippen LogP) is 5.06. The number of aryl methyl sites for hydroxylation is 2. The van der Waals surface area contributed by atoms with Crippen molar-refractivity contribution in [2.24, 2.45) is 0 Å². The Bertz CT molecular complexity index is 746. The lowest BCUT2D eigenvalue weighted by Gasteiger charge is -2.23. The van der Waals surface area contributed by atoms with Gasteiger partial charge in [-0.15, -0.1) is 0 Å². The van der Waals surface area contributed by atoms with Gasteiger partial charge in [-0.2, -0.15) is 0 Å². The maximum Gasteiger partial charge on any atom is 0.136 e. The molecule has 5 heteroatoms. The van der Waals surface area contributed by atoms with Gasteiger partial charge in [0.2, 0.25) is 0 Å². The van der Waals surface area contributed by atoms with Crippen molar-refractivity contribution in [2.75, 3.05) is 41.3 Å². The van der Waals surface area contributed by atoms with Gasteiger partial charge in [0.1, 0.15) is 17.5 Å². The molecule has 5 nitrogen and oxygen atoms in total. The van der Waals surface area contributed by atoms with E-state index in [2.05, 4.69) is 65.1 Å². The number of nitrogens with zero attached hydrogens (tertiary/aromatic N) is 4. The van der Waals surface area contributed by atoms with Crippen LogP contribution in [0.5, 0.6) is 0 Å². The van der Waals surface area contributed by atoms with Crippen molar-refractivity contribution in [3.05, 3.63) is 35.7 Å². The molecule has 0 saturated carbocycles. The predicted molar refractivity (Wildman–Crippen MR) is 115 cm³/mol. The van der Waals surface area contributed by atoms with Crippen molar-refractivity contribution < 1.29 is 0 Å². The number of rotatable bonds is 6. The summed E-state index contributed by atoms with van der Waals surface area (Å²) in [7, 11) is 0. The summed E-state index contributed by atoms with van der Waals surface area (Å²) in [6, 6.07) is 8.69. The van der Waals surface area contributed by atoms with E-state index in [1.165, 1.54) is 36.9 Å². The van der Waals surface area contributed by atoms with E-state index in [0.29, 0.717) is 0 Å². The number of aromatic nitrogens is 2. The van der Waals surface area contributed by atoms with Crippen LogP contribution >= 0.6 is 0 Å². The minimum absolute atomic E-state index is 0.816. The van der Waals surface area contributed by atoms with Crippen LogP contribution in [0.4, 0.5) is 23.0 Å². The molecule has 1 aliphatic heterocycles. The third kappa shape index (κ3) is 4.90. The minimum atomic E-state index is 0.816. The highest BCUT2D eigenvalue weighted by Gasteiger charge is 2.13. The Kier molecular flexibility index (Phi) is 6.54. The molecule has 0 radical (unpaired) electrons. The molecule has 1 aromatic heterocycles. The van der Waals surface area contributed by atoms with E-state index >= 15 is 0 Å². The molecule has 1 aliphatic rings. The molecule has 1 N–H and O–H groups in total. The standard InChI is InChI=1S/C22H33N5/c1-5-26(6-2)19-11-12-20(17(3)15-19)25-21-16-22(24-18(4)23-21)27-13-9-7-8-10-14-27/h11-12,15-16H,5-10,13-14H2,1-4H3,(H,23,24,25). The first-order valence-corrected chi connectivity index (χ1v) is 10.3. The average Bonchev–Trinajstić information content (AvgIpc) is 2.94. The fraction of sp³-hybridized carbons (Fsp3) is 0.545. The molecule has 27 heavy (non-hydrogen) atoms. The van der Waals surface area contributed by atoms with Crippen LogP contribution in [0.1, 0.15) is 50.9 Å². The summed E-state index contributed by atoms with van der Waals surface area (Å²) in [5.41, 5.74) is 3.60. The molecule has 0 spiro atoms. The zero-order valence-electron chi connectivity index (χ0n) is 17.3. The second-order valence-electron chi connectivity index (χ2n) is 7.36. The monoisotopic (exact) mass is 367 g/mol.